The highest BCUT2D eigenvalue weighted by Crippen LogP contribution is 2.40. The molecule has 1 amide bonds. The monoisotopic (exact) mass is 341 g/mol. The van der Waals surface area contributed by atoms with E-state index < -0.39 is 0 Å². The number of nitrogens with one attached hydrogen (secondary N) is 1. The Labute approximate surface area is 145 Å². The first kappa shape index (κ1) is 15.6. The molecule has 2 heterocycles. The fraction of sp³-hybridized carbons (Fsp3) is 0.316. The summed E-state index contributed by atoms with van der Waals surface area (Å²) in [6, 6.07) is 11.3. The summed E-state index contributed by atoms with van der Waals surface area (Å²) in [5.74, 6) is 2.25. The van der Waals surface area contributed by atoms with Crippen LogP contribution in [0, 0.1) is 0 Å². The minimum Gasteiger partial charge on any atom is -0.493 e. The molecule has 0 saturated heterocycles. The van der Waals surface area contributed by atoms with Crippen LogP contribution in [0.1, 0.15) is 15.9 Å². The average molecular weight is 341 g/mol. The summed E-state index contributed by atoms with van der Waals surface area (Å²) in [6.07, 6.45) is 0.737. The third-order valence-corrected chi connectivity index (χ3v) is 4.29. The maximum atomic E-state index is 12.5. The van der Waals surface area contributed by atoms with E-state index >= 15 is 0 Å². The number of para-hydroxylation sites is 1. The predicted octanol–water partition coefficient (Wildman–Crippen LogP) is 2.20. The lowest BCUT2D eigenvalue weighted by Gasteiger charge is -2.21. The van der Waals surface area contributed by atoms with Crippen LogP contribution in [-0.4, -0.2) is 38.9 Å². The van der Waals surface area contributed by atoms with E-state index in [2.05, 4.69) is 5.32 Å². The van der Waals surface area contributed by atoms with Gasteiger partial charge in [-0.05, 0) is 23.8 Å². The van der Waals surface area contributed by atoms with Gasteiger partial charge in [-0.3, -0.25) is 4.79 Å². The molecule has 0 spiro atoms. The molecule has 0 saturated carbocycles. The Bertz CT molecular complexity index is 762. The zero-order valence-corrected chi connectivity index (χ0v) is 13.9. The summed E-state index contributed by atoms with van der Waals surface area (Å²) in [5, 5.41) is 2.92. The van der Waals surface area contributed by atoms with E-state index in [1.54, 1.807) is 19.2 Å². The largest absolute Gasteiger partial charge is 0.493 e. The smallest absolute Gasteiger partial charge is 0.251 e. The van der Waals surface area contributed by atoms with Crippen molar-refractivity contribution in [2.24, 2.45) is 0 Å². The predicted molar refractivity (Wildman–Crippen MR) is 90.9 cm³/mol. The summed E-state index contributed by atoms with van der Waals surface area (Å²) in [4.78, 5) is 12.5. The van der Waals surface area contributed by atoms with Gasteiger partial charge in [-0.15, -0.1) is 0 Å². The van der Waals surface area contributed by atoms with Crippen LogP contribution in [0.5, 0.6) is 23.0 Å². The third kappa shape index (κ3) is 3.07. The number of benzene rings is 2. The Kier molecular flexibility index (Phi) is 4.09. The van der Waals surface area contributed by atoms with Crippen LogP contribution < -0.4 is 24.3 Å². The van der Waals surface area contributed by atoms with Crippen molar-refractivity contribution in [2.45, 2.75) is 12.5 Å². The first-order chi connectivity index (χ1) is 12.2. The standard InChI is InChI=1S/C19H19NO5/c1-22-16-9-13(10-17-18(16)24-7-6-23-17)19(21)20-11-14-8-12-4-2-3-5-15(12)25-14/h2-5,9-10,14H,6-8,11H2,1H3,(H,20,21)/t14-/m0/s1. The highest BCUT2D eigenvalue weighted by Gasteiger charge is 2.24. The number of carbonyl (C=O) groups excluding carboxylic acids is 1. The molecule has 2 aromatic carbocycles. The Balaban J connectivity index is 1.43. The SMILES string of the molecule is COc1cc(C(=O)NC[C@@H]2Cc3ccccc3O2)cc2c1OCCO2. The maximum Gasteiger partial charge on any atom is 0.251 e. The number of carbonyl (C=O) groups is 1. The van der Waals surface area contributed by atoms with Gasteiger partial charge in [-0.1, -0.05) is 18.2 Å². The van der Waals surface area contributed by atoms with Crippen molar-refractivity contribution < 1.29 is 23.7 Å². The van der Waals surface area contributed by atoms with Gasteiger partial charge in [0.05, 0.1) is 13.7 Å². The van der Waals surface area contributed by atoms with Crippen LogP contribution in [-0.2, 0) is 6.42 Å². The summed E-state index contributed by atoms with van der Waals surface area (Å²) in [6.45, 7) is 1.36. The van der Waals surface area contributed by atoms with Gasteiger partial charge in [0.25, 0.3) is 5.91 Å². The first-order valence-electron chi connectivity index (χ1n) is 8.25. The second-order valence-corrected chi connectivity index (χ2v) is 5.96. The van der Waals surface area contributed by atoms with Gasteiger partial charge in [0.15, 0.2) is 11.5 Å². The molecule has 0 radical (unpaired) electrons. The lowest BCUT2D eigenvalue weighted by molar-refractivity contribution is 0.0931. The van der Waals surface area contributed by atoms with Crippen LogP contribution in [0.15, 0.2) is 36.4 Å². The van der Waals surface area contributed by atoms with E-state index in [1.807, 2.05) is 24.3 Å². The van der Waals surface area contributed by atoms with Crippen LogP contribution in [0.2, 0.25) is 0 Å². The highest BCUT2D eigenvalue weighted by molar-refractivity contribution is 5.95. The minimum atomic E-state index is -0.199. The molecule has 2 aliphatic rings. The van der Waals surface area contributed by atoms with Crippen LogP contribution in [0.4, 0.5) is 0 Å². The van der Waals surface area contributed by atoms with Gasteiger partial charge in [0, 0.05) is 12.0 Å². The molecule has 0 aromatic heterocycles. The minimum absolute atomic E-state index is 0.0551. The molecule has 0 unspecified atom stereocenters. The van der Waals surface area contributed by atoms with Gasteiger partial charge in [-0.2, -0.15) is 0 Å². The lowest BCUT2D eigenvalue weighted by Crippen LogP contribution is -2.34. The topological polar surface area (TPSA) is 66.0 Å². The number of amides is 1. The van der Waals surface area contributed by atoms with E-state index in [4.69, 9.17) is 18.9 Å². The van der Waals surface area contributed by atoms with Gasteiger partial charge in [-0.25, -0.2) is 0 Å². The van der Waals surface area contributed by atoms with Gasteiger partial charge >= 0.3 is 0 Å². The first-order valence-corrected chi connectivity index (χ1v) is 8.25. The van der Waals surface area contributed by atoms with Crippen molar-refractivity contribution in [3.63, 3.8) is 0 Å². The Morgan fingerprint density at radius 2 is 2.04 bits per heavy atom. The van der Waals surface area contributed by atoms with Crippen molar-refractivity contribution in [3.05, 3.63) is 47.5 Å². The molecule has 1 atom stereocenters. The number of hydrogen-bond donors (Lipinski definition) is 1. The number of ether oxygens (including phenoxy) is 4. The number of fused-ring (bicyclic) bond motifs is 2. The molecule has 6 heteroatoms. The molecule has 2 aromatic rings. The summed E-state index contributed by atoms with van der Waals surface area (Å²) < 4.78 is 22.3. The van der Waals surface area contributed by atoms with Crippen LogP contribution >= 0.6 is 0 Å². The average Bonchev–Trinajstić information content (AvgIpc) is 3.08. The van der Waals surface area contributed by atoms with Crippen molar-refractivity contribution in [2.75, 3.05) is 26.9 Å². The highest BCUT2D eigenvalue weighted by atomic mass is 16.6. The Hall–Kier alpha value is -2.89. The maximum absolute atomic E-state index is 12.5. The lowest BCUT2D eigenvalue weighted by atomic mass is 10.1. The van der Waals surface area contributed by atoms with Crippen molar-refractivity contribution >= 4 is 5.91 Å². The molecule has 1 N–H and O–H groups in total. The molecule has 0 aliphatic carbocycles. The number of rotatable bonds is 4. The van der Waals surface area contributed by atoms with Gasteiger partial charge in [0.1, 0.15) is 25.1 Å². The Morgan fingerprint density at radius 1 is 1.20 bits per heavy atom. The van der Waals surface area contributed by atoms with Crippen LogP contribution in [0.25, 0.3) is 0 Å². The molecule has 6 nitrogen and oxygen atoms in total. The molecule has 25 heavy (non-hydrogen) atoms. The normalized spacial score (nSPS) is 17.4. The second kappa shape index (κ2) is 6.55. The molecule has 0 bridgehead atoms. The molecule has 130 valence electrons. The molecular weight excluding hydrogens is 322 g/mol. The van der Waals surface area contributed by atoms with Crippen molar-refractivity contribution in [3.8, 4) is 23.0 Å². The molecular formula is C19H19NO5. The van der Waals surface area contributed by atoms with Crippen LogP contribution in [0.3, 0.4) is 0 Å². The Morgan fingerprint density at radius 3 is 2.88 bits per heavy atom. The van der Waals surface area contributed by atoms with E-state index in [0.29, 0.717) is 42.6 Å². The van der Waals surface area contributed by atoms with Crippen molar-refractivity contribution in [1.82, 2.24) is 5.32 Å². The fourth-order valence-corrected chi connectivity index (χ4v) is 3.08. The summed E-state index contributed by atoms with van der Waals surface area (Å²) in [7, 11) is 1.54. The van der Waals surface area contributed by atoms with E-state index in [0.717, 1.165) is 12.2 Å². The zero-order valence-electron chi connectivity index (χ0n) is 13.9. The number of hydrogen-bond acceptors (Lipinski definition) is 5. The van der Waals surface area contributed by atoms with E-state index in [-0.39, 0.29) is 12.0 Å². The quantitative estimate of drug-likeness (QED) is 0.923. The molecule has 4 rings (SSSR count). The molecule has 0 fully saturated rings. The summed E-state index contributed by atoms with van der Waals surface area (Å²) in [5.41, 5.74) is 1.64. The van der Waals surface area contributed by atoms with Crippen molar-refractivity contribution in [1.29, 1.82) is 0 Å². The zero-order chi connectivity index (χ0) is 17.2. The van der Waals surface area contributed by atoms with E-state index in [9.17, 15) is 4.79 Å². The second-order valence-electron chi connectivity index (χ2n) is 5.96. The third-order valence-electron chi connectivity index (χ3n) is 4.29. The van der Waals surface area contributed by atoms with E-state index in [1.165, 1.54) is 5.56 Å². The molecule has 2 aliphatic heterocycles. The summed E-state index contributed by atoms with van der Waals surface area (Å²) >= 11 is 0. The fourth-order valence-electron chi connectivity index (χ4n) is 3.08. The number of methoxy groups -OCH3 is 1. The van der Waals surface area contributed by atoms with Gasteiger partial charge in [0.2, 0.25) is 5.75 Å². The van der Waals surface area contributed by atoms with Gasteiger partial charge < -0.3 is 24.3 Å².